The van der Waals surface area contributed by atoms with Crippen LogP contribution in [-0.2, 0) is 0 Å². The quantitative estimate of drug-likeness (QED) is 0.171. The van der Waals surface area contributed by atoms with Crippen molar-refractivity contribution < 1.29 is 0 Å². The number of rotatable bonds is 6. The Bertz CT molecular complexity index is 2770. The summed E-state index contributed by atoms with van der Waals surface area (Å²) in [6.45, 7) is 0. The molecule has 0 radical (unpaired) electrons. The van der Waals surface area contributed by atoms with Gasteiger partial charge in [0.2, 0.25) is 0 Å². The van der Waals surface area contributed by atoms with Crippen molar-refractivity contribution in [1.82, 2.24) is 4.57 Å². The number of para-hydroxylation sites is 5. The van der Waals surface area contributed by atoms with Crippen LogP contribution in [0.25, 0.3) is 69.9 Å². The van der Waals surface area contributed by atoms with E-state index in [1.54, 1.807) is 0 Å². The minimum absolute atomic E-state index is 1.12. The Balaban J connectivity index is 1.24. The summed E-state index contributed by atoms with van der Waals surface area (Å²) in [6, 6.07) is 70.4. The van der Waals surface area contributed by atoms with E-state index < -0.39 is 0 Å². The van der Waals surface area contributed by atoms with Crippen molar-refractivity contribution in [2.45, 2.75) is 0 Å². The van der Waals surface area contributed by atoms with E-state index in [1.165, 1.54) is 64.2 Å². The SMILES string of the molecule is c1ccc(N(c2ccccc2)c2ccc(-c3ccccc3-n3c4ccccc4c4ccccc43)cc2-c2ccc3sc4ccccc4c3c2)cc1. The molecule has 0 atom stereocenters. The summed E-state index contributed by atoms with van der Waals surface area (Å²) < 4.78 is 5.04. The molecule has 10 aromatic rings. The highest BCUT2D eigenvalue weighted by Gasteiger charge is 2.21. The number of hydrogen-bond acceptors (Lipinski definition) is 2. The fraction of sp³-hybridized carbons (Fsp3) is 0. The topological polar surface area (TPSA) is 8.17 Å². The van der Waals surface area contributed by atoms with Crippen LogP contribution in [0.3, 0.4) is 0 Å². The zero-order chi connectivity index (χ0) is 33.7. The number of aromatic nitrogens is 1. The molecule has 0 saturated heterocycles. The first-order valence-corrected chi connectivity index (χ1v) is 18.2. The van der Waals surface area contributed by atoms with Crippen LogP contribution >= 0.6 is 11.3 Å². The lowest BCUT2D eigenvalue weighted by molar-refractivity contribution is 1.18. The summed E-state index contributed by atoms with van der Waals surface area (Å²) in [7, 11) is 0. The zero-order valence-corrected chi connectivity index (χ0v) is 28.6. The highest BCUT2D eigenvalue weighted by molar-refractivity contribution is 7.25. The van der Waals surface area contributed by atoms with E-state index in [-0.39, 0.29) is 0 Å². The largest absolute Gasteiger partial charge is 0.310 e. The highest BCUT2D eigenvalue weighted by Crippen LogP contribution is 2.45. The Hall–Kier alpha value is -6.42. The minimum Gasteiger partial charge on any atom is -0.310 e. The molecule has 0 N–H and O–H groups in total. The van der Waals surface area contributed by atoms with Gasteiger partial charge >= 0.3 is 0 Å². The number of benzene rings is 8. The van der Waals surface area contributed by atoms with Gasteiger partial charge in [-0.25, -0.2) is 0 Å². The third-order valence-electron chi connectivity index (χ3n) is 9.99. The van der Waals surface area contributed by atoms with Gasteiger partial charge in [0.05, 0.1) is 22.4 Å². The monoisotopic (exact) mass is 668 g/mol. The second-order valence-corrected chi connectivity index (χ2v) is 14.0. The summed E-state index contributed by atoms with van der Waals surface area (Å²) in [5.74, 6) is 0. The zero-order valence-electron chi connectivity index (χ0n) is 27.8. The molecule has 0 saturated carbocycles. The molecule has 0 aliphatic carbocycles. The summed E-state index contributed by atoms with van der Waals surface area (Å²) in [5, 5.41) is 5.12. The lowest BCUT2D eigenvalue weighted by atomic mass is 9.94. The molecule has 0 spiro atoms. The Morgan fingerprint density at radius 1 is 0.373 bits per heavy atom. The van der Waals surface area contributed by atoms with Crippen LogP contribution in [0.2, 0.25) is 0 Å². The predicted molar refractivity (Wildman–Crippen MR) is 219 cm³/mol. The first kappa shape index (κ1) is 29.5. The summed E-state index contributed by atoms with van der Waals surface area (Å²) >= 11 is 1.86. The molecule has 10 rings (SSSR count). The van der Waals surface area contributed by atoms with Gasteiger partial charge in [0, 0.05) is 53.4 Å². The van der Waals surface area contributed by atoms with Crippen molar-refractivity contribution in [2.24, 2.45) is 0 Å². The van der Waals surface area contributed by atoms with Gasteiger partial charge in [0.1, 0.15) is 0 Å². The van der Waals surface area contributed by atoms with Crippen LogP contribution in [0.5, 0.6) is 0 Å². The van der Waals surface area contributed by atoms with E-state index in [1.807, 2.05) is 11.3 Å². The van der Waals surface area contributed by atoms with E-state index in [9.17, 15) is 0 Å². The molecule has 0 unspecified atom stereocenters. The first-order chi connectivity index (χ1) is 25.3. The van der Waals surface area contributed by atoms with Crippen molar-refractivity contribution in [3.05, 3.63) is 194 Å². The third kappa shape index (κ3) is 4.93. The van der Waals surface area contributed by atoms with E-state index in [0.29, 0.717) is 0 Å². The van der Waals surface area contributed by atoms with Crippen molar-refractivity contribution in [3.8, 4) is 27.9 Å². The molecule has 2 nitrogen and oxygen atoms in total. The van der Waals surface area contributed by atoms with Gasteiger partial charge in [0.25, 0.3) is 0 Å². The van der Waals surface area contributed by atoms with Gasteiger partial charge in [-0.3, -0.25) is 0 Å². The van der Waals surface area contributed by atoms with Crippen molar-refractivity contribution in [1.29, 1.82) is 0 Å². The molecule has 2 heterocycles. The molecular weight excluding hydrogens is 637 g/mol. The molecule has 8 aromatic carbocycles. The normalized spacial score (nSPS) is 11.5. The van der Waals surface area contributed by atoms with E-state index >= 15 is 0 Å². The summed E-state index contributed by atoms with van der Waals surface area (Å²) in [4.78, 5) is 2.38. The van der Waals surface area contributed by atoms with Gasteiger partial charge in [-0.1, -0.05) is 121 Å². The number of anilines is 3. The molecule has 240 valence electrons. The number of hydrogen-bond donors (Lipinski definition) is 0. The Morgan fingerprint density at radius 3 is 1.61 bits per heavy atom. The number of nitrogens with zero attached hydrogens (tertiary/aromatic N) is 2. The molecule has 3 heteroatoms. The third-order valence-corrected chi connectivity index (χ3v) is 11.1. The summed E-state index contributed by atoms with van der Waals surface area (Å²) in [5.41, 5.74) is 11.7. The van der Waals surface area contributed by atoms with Crippen molar-refractivity contribution in [2.75, 3.05) is 4.90 Å². The highest BCUT2D eigenvalue weighted by atomic mass is 32.1. The van der Waals surface area contributed by atoms with Crippen molar-refractivity contribution >= 4 is 70.4 Å². The van der Waals surface area contributed by atoms with E-state index in [2.05, 4.69) is 204 Å². The maximum absolute atomic E-state index is 2.43. The summed E-state index contributed by atoms with van der Waals surface area (Å²) in [6.07, 6.45) is 0. The maximum atomic E-state index is 2.43. The Kier molecular flexibility index (Phi) is 7.04. The minimum atomic E-state index is 1.12. The Labute approximate surface area is 300 Å². The second-order valence-electron chi connectivity index (χ2n) is 12.9. The molecule has 0 bridgehead atoms. The van der Waals surface area contributed by atoms with Crippen LogP contribution in [0.15, 0.2) is 194 Å². The van der Waals surface area contributed by atoms with E-state index in [0.717, 1.165) is 22.7 Å². The standard InChI is InChI=1S/C48H32N2S/c1-3-15-35(16-4-1)49(36-17-5-2-6-18-36)46-29-27-33(31-41(46)34-28-30-48-42(32-34)40-22-10-14-26-47(40)51-48)37-19-7-11-23-43(37)50-44-24-12-8-20-38(44)39-21-9-13-25-45(39)50/h1-32H. The van der Waals surface area contributed by atoms with Crippen LogP contribution in [0.1, 0.15) is 0 Å². The fourth-order valence-corrected chi connectivity index (χ4v) is 8.79. The van der Waals surface area contributed by atoms with Crippen LogP contribution in [0.4, 0.5) is 17.1 Å². The number of thiophene rings is 1. The lowest BCUT2D eigenvalue weighted by Gasteiger charge is -2.28. The van der Waals surface area contributed by atoms with Gasteiger partial charge in [-0.15, -0.1) is 11.3 Å². The van der Waals surface area contributed by atoms with Gasteiger partial charge < -0.3 is 9.47 Å². The second kappa shape index (κ2) is 12.2. The fourth-order valence-electron chi connectivity index (χ4n) is 7.70. The van der Waals surface area contributed by atoms with Crippen LogP contribution < -0.4 is 4.90 Å². The van der Waals surface area contributed by atoms with Crippen LogP contribution in [0, 0.1) is 0 Å². The lowest BCUT2D eigenvalue weighted by Crippen LogP contribution is -2.11. The average molecular weight is 669 g/mol. The van der Waals surface area contributed by atoms with Gasteiger partial charge in [0.15, 0.2) is 0 Å². The molecular formula is C48H32N2S. The maximum Gasteiger partial charge on any atom is 0.0541 e. The molecule has 0 amide bonds. The molecule has 0 fully saturated rings. The molecule has 2 aromatic heterocycles. The first-order valence-electron chi connectivity index (χ1n) is 17.4. The van der Waals surface area contributed by atoms with Gasteiger partial charge in [-0.05, 0) is 83.9 Å². The van der Waals surface area contributed by atoms with Gasteiger partial charge in [-0.2, -0.15) is 0 Å². The Morgan fingerprint density at radius 2 is 0.902 bits per heavy atom. The van der Waals surface area contributed by atoms with Crippen LogP contribution in [-0.4, -0.2) is 4.57 Å². The van der Waals surface area contributed by atoms with E-state index in [4.69, 9.17) is 0 Å². The van der Waals surface area contributed by atoms with Crippen molar-refractivity contribution in [3.63, 3.8) is 0 Å². The smallest absolute Gasteiger partial charge is 0.0541 e. The molecule has 0 aliphatic heterocycles. The average Bonchev–Trinajstić information content (AvgIpc) is 3.74. The molecule has 51 heavy (non-hydrogen) atoms. The number of fused-ring (bicyclic) bond motifs is 6. The molecule has 0 aliphatic rings. The predicted octanol–water partition coefficient (Wildman–Crippen LogP) is 14.0.